The van der Waals surface area contributed by atoms with E-state index < -0.39 is 34.8 Å². The van der Waals surface area contributed by atoms with Gasteiger partial charge in [-0.05, 0) is 56.2 Å². The van der Waals surface area contributed by atoms with Gasteiger partial charge in [-0.3, -0.25) is 0 Å². The monoisotopic (exact) mass is 478 g/mol. The number of halogens is 3. The number of carbonyl (C=O) groups excluding carboxylic acids is 1. The molecule has 7 nitrogen and oxygen atoms in total. The molecule has 1 N–H and O–H groups in total. The predicted octanol–water partition coefficient (Wildman–Crippen LogP) is 5.22. The SMILES string of the molecule is CC(C)(C)OC(=O)N1CC(C)(C(O)(c2ccc(OC(F)(F)F)cc2)c2ccc3ocnc3c2)C1. The second kappa shape index (κ2) is 7.90. The number of likely N-dealkylation sites (tertiary alicyclic amines) is 1. The Hall–Kier alpha value is -3.27. The van der Waals surface area contributed by atoms with Crippen LogP contribution >= 0.6 is 0 Å². The molecule has 2 heterocycles. The van der Waals surface area contributed by atoms with Crippen molar-refractivity contribution in [2.24, 2.45) is 5.41 Å². The summed E-state index contributed by atoms with van der Waals surface area (Å²) in [7, 11) is 0. The van der Waals surface area contributed by atoms with Crippen LogP contribution in [0.3, 0.4) is 0 Å². The second-order valence-corrected chi connectivity index (χ2v) is 9.71. The molecule has 1 aliphatic rings. The number of benzene rings is 2. The van der Waals surface area contributed by atoms with Crippen molar-refractivity contribution in [3.63, 3.8) is 0 Å². The van der Waals surface area contributed by atoms with E-state index in [0.717, 1.165) is 12.1 Å². The van der Waals surface area contributed by atoms with Gasteiger partial charge in [0.05, 0.1) is 0 Å². The minimum Gasteiger partial charge on any atom is -0.444 e. The Labute approximate surface area is 194 Å². The fraction of sp³-hybridized carbons (Fsp3) is 0.417. The molecule has 1 amide bonds. The molecule has 0 bridgehead atoms. The molecule has 1 fully saturated rings. The average molecular weight is 478 g/mol. The molecule has 0 saturated carbocycles. The van der Waals surface area contributed by atoms with Crippen molar-refractivity contribution >= 4 is 17.2 Å². The van der Waals surface area contributed by atoms with Crippen LogP contribution in [0.15, 0.2) is 53.3 Å². The van der Waals surface area contributed by atoms with Crippen LogP contribution in [-0.2, 0) is 10.3 Å². The van der Waals surface area contributed by atoms with Gasteiger partial charge in [0.25, 0.3) is 0 Å². The molecule has 10 heteroatoms. The molecule has 34 heavy (non-hydrogen) atoms. The molecular weight excluding hydrogens is 453 g/mol. The normalized spacial score (nSPS) is 17.7. The molecule has 1 saturated heterocycles. The van der Waals surface area contributed by atoms with E-state index in [2.05, 4.69) is 9.72 Å². The summed E-state index contributed by atoms with van der Waals surface area (Å²) in [5, 5.41) is 12.2. The lowest BCUT2D eigenvalue weighted by atomic mass is 9.62. The highest BCUT2D eigenvalue weighted by atomic mass is 19.4. The maximum atomic E-state index is 12.6. The van der Waals surface area contributed by atoms with E-state index in [1.165, 1.54) is 23.4 Å². The maximum Gasteiger partial charge on any atom is 0.573 e. The number of fused-ring (bicyclic) bond motifs is 1. The van der Waals surface area contributed by atoms with Crippen LogP contribution in [0.5, 0.6) is 5.75 Å². The standard InChI is InChI=1S/C24H25F3N2O5/c1-21(2,3)34-20(30)29-12-22(4,13-29)23(31,16-7-10-19-18(11-16)28-14-32-19)15-5-8-17(9-6-15)33-24(25,26)27/h5-11,14,31H,12-13H2,1-4H3. The molecule has 0 spiro atoms. The van der Waals surface area contributed by atoms with E-state index in [4.69, 9.17) is 9.15 Å². The fourth-order valence-corrected chi connectivity index (χ4v) is 4.32. The van der Waals surface area contributed by atoms with Gasteiger partial charge in [-0.2, -0.15) is 0 Å². The highest BCUT2D eigenvalue weighted by molar-refractivity contribution is 5.74. The Kier molecular flexibility index (Phi) is 5.55. The number of alkyl halides is 3. The third kappa shape index (κ3) is 4.42. The lowest BCUT2D eigenvalue weighted by Gasteiger charge is -2.56. The van der Waals surface area contributed by atoms with Crippen molar-refractivity contribution < 1.29 is 37.0 Å². The maximum absolute atomic E-state index is 12.6. The van der Waals surface area contributed by atoms with Crippen LogP contribution in [0, 0.1) is 5.41 Å². The smallest absolute Gasteiger partial charge is 0.444 e. The number of oxazole rings is 1. The summed E-state index contributed by atoms with van der Waals surface area (Å²) in [4.78, 5) is 18.1. The minimum atomic E-state index is -4.83. The summed E-state index contributed by atoms with van der Waals surface area (Å²) in [5.41, 5.74) is -1.38. The molecular formula is C24H25F3N2O5. The first-order valence-electron chi connectivity index (χ1n) is 10.6. The van der Waals surface area contributed by atoms with Crippen molar-refractivity contribution in [2.45, 2.75) is 45.3 Å². The Morgan fingerprint density at radius 3 is 2.29 bits per heavy atom. The van der Waals surface area contributed by atoms with E-state index in [0.29, 0.717) is 22.2 Å². The molecule has 0 aliphatic carbocycles. The van der Waals surface area contributed by atoms with Gasteiger partial charge in [0.15, 0.2) is 12.0 Å². The molecule has 4 rings (SSSR count). The van der Waals surface area contributed by atoms with E-state index in [9.17, 15) is 23.1 Å². The molecule has 0 radical (unpaired) electrons. The van der Waals surface area contributed by atoms with Gasteiger partial charge in [0.1, 0.15) is 22.5 Å². The summed E-state index contributed by atoms with van der Waals surface area (Å²) < 4.78 is 52.5. The molecule has 1 atom stereocenters. The van der Waals surface area contributed by atoms with Crippen LogP contribution in [-0.4, -0.2) is 46.1 Å². The van der Waals surface area contributed by atoms with E-state index >= 15 is 0 Å². The Morgan fingerprint density at radius 2 is 1.71 bits per heavy atom. The number of ether oxygens (including phenoxy) is 2. The molecule has 3 aromatic rings. The van der Waals surface area contributed by atoms with Gasteiger partial charge >= 0.3 is 12.5 Å². The third-order valence-electron chi connectivity index (χ3n) is 5.86. The van der Waals surface area contributed by atoms with Crippen LogP contribution in [0.2, 0.25) is 0 Å². The van der Waals surface area contributed by atoms with E-state index in [1.807, 2.05) is 0 Å². The molecule has 2 aromatic carbocycles. The average Bonchev–Trinajstić information content (AvgIpc) is 3.16. The number of aliphatic hydroxyl groups is 1. The number of amides is 1. The lowest BCUT2D eigenvalue weighted by molar-refractivity contribution is -0.274. The highest BCUT2D eigenvalue weighted by Crippen LogP contribution is 2.51. The van der Waals surface area contributed by atoms with Gasteiger partial charge in [-0.25, -0.2) is 9.78 Å². The summed E-state index contributed by atoms with van der Waals surface area (Å²) >= 11 is 0. The summed E-state index contributed by atoms with van der Waals surface area (Å²) in [6.07, 6.45) is -4.05. The Balaban J connectivity index is 1.71. The first kappa shape index (κ1) is 23.9. The molecule has 1 aliphatic heterocycles. The zero-order chi connectivity index (χ0) is 24.9. The van der Waals surface area contributed by atoms with Crippen molar-refractivity contribution in [3.05, 3.63) is 60.0 Å². The number of hydrogen-bond donors (Lipinski definition) is 1. The number of rotatable bonds is 4. The van der Waals surface area contributed by atoms with Gasteiger partial charge in [0, 0.05) is 18.5 Å². The lowest BCUT2D eigenvalue weighted by Crippen LogP contribution is -2.66. The van der Waals surface area contributed by atoms with Gasteiger partial charge in [0.2, 0.25) is 0 Å². The highest BCUT2D eigenvalue weighted by Gasteiger charge is 2.58. The van der Waals surface area contributed by atoms with E-state index in [-0.39, 0.29) is 13.1 Å². The van der Waals surface area contributed by atoms with Crippen molar-refractivity contribution in [3.8, 4) is 5.75 Å². The first-order valence-corrected chi connectivity index (χ1v) is 10.6. The van der Waals surface area contributed by atoms with Gasteiger partial charge < -0.3 is 23.9 Å². The van der Waals surface area contributed by atoms with Crippen LogP contribution < -0.4 is 4.74 Å². The summed E-state index contributed by atoms with van der Waals surface area (Å²) in [6.45, 7) is 7.42. The third-order valence-corrected chi connectivity index (χ3v) is 5.86. The second-order valence-electron chi connectivity index (χ2n) is 9.71. The minimum absolute atomic E-state index is 0.163. The van der Waals surface area contributed by atoms with E-state index in [1.54, 1.807) is 45.9 Å². The molecule has 182 valence electrons. The van der Waals surface area contributed by atoms with Crippen LogP contribution in [0.25, 0.3) is 11.1 Å². The van der Waals surface area contributed by atoms with Crippen molar-refractivity contribution in [1.29, 1.82) is 0 Å². The zero-order valence-electron chi connectivity index (χ0n) is 19.1. The van der Waals surface area contributed by atoms with Crippen LogP contribution in [0.1, 0.15) is 38.8 Å². The Bertz CT molecular complexity index is 1190. The Morgan fingerprint density at radius 1 is 1.09 bits per heavy atom. The number of hydrogen-bond acceptors (Lipinski definition) is 6. The zero-order valence-corrected chi connectivity index (χ0v) is 19.1. The summed E-state index contributed by atoms with van der Waals surface area (Å²) in [6, 6.07) is 10.1. The van der Waals surface area contributed by atoms with Gasteiger partial charge in [-0.1, -0.05) is 25.1 Å². The number of carbonyl (C=O) groups is 1. The van der Waals surface area contributed by atoms with Crippen molar-refractivity contribution in [2.75, 3.05) is 13.1 Å². The topological polar surface area (TPSA) is 85.0 Å². The number of nitrogens with zero attached hydrogens (tertiary/aromatic N) is 2. The number of aromatic nitrogens is 1. The first-order chi connectivity index (χ1) is 15.7. The molecule has 1 aromatic heterocycles. The van der Waals surface area contributed by atoms with Crippen molar-refractivity contribution in [1.82, 2.24) is 9.88 Å². The fourth-order valence-electron chi connectivity index (χ4n) is 4.32. The predicted molar refractivity (Wildman–Crippen MR) is 116 cm³/mol. The largest absolute Gasteiger partial charge is 0.573 e. The quantitative estimate of drug-likeness (QED) is 0.554. The summed E-state index contributed by atoms with van der Waals surface area (Å²) in [5.74, 6) is -0.403. The van der Waals surface area contributed by atoms with Gasteiger partial charge in [-0.15, -0.1) is 13.2 Å². The van der Waals surface area contributed by atoms with Crippen LogP contribution in [0.4, 0.5) is 18.0 Å². The molecule has 1 unspecified atom stereocenters.